The second-order valence-electron chi connectivity index (χ2n) is 7.32. The number of hydrogen-bond donors (Lipinski definition) is 1. The van der Waals surface area contributed by atoms with E-state index in [0.717, 1.165) is 29.7 Å². The summed E-state index contributed by atoms with van der Waals surface area (Å²) in [5.74, 6) is -1.68. The molecule has 2 heterocycles. The van der Waals surface area contributed by atoms with Crippen molar-refractivity contribution < 1.29 is 23.8 Å². The molecule has 7 nitrogen and oxygen atoms in total. The van der Waals surface area contributed by atoms with Crippen LogP contribution in [0.2, 0.25) is 0 Å². The molecule has 2 aliphatic rings. The summed E-state index contributed by atoms with van der Waals surface area (Å²) in [6.07, 6.45) is 2.13. The van der Waals surface area contributed by atoms with Crippen molar-refractivity contribution in [1.29, 1.82) is 0 Å². The van der Waals surface area contributed by atoms with Crippen molar-refractivity contribution >= 4 is 11.9 Å². The monoisotopic (exact) mass is 387 g/mol. The van der Waals surface area contributed by atoms with E-state index in [9.17, 15) is 14.0 Å². The van der Waals surface area contributed by atoms with Crippen LogP contribution in [0.5, 0.6) is 0 Å². The van der Waals surface area contributed by atoms with Gasteiger partial charge in [-0.25, -0.2) is 9.07 Å². The van der Waals surface area contributed by atoms with Gasteiger partial charge in [0.15, 0.2) is 5.69 Å². The number of nitrogens with zero attached hydrogens (tertiary/aromatic N) is 3. The first kappa shape index (κ1) is 18.6. The second kappa shape index (κ2) is 7.35. The number of fused-ring (bicyclic) bond motifs is 1. The van der Waals surface area contributed by atoms with Crippen molar-refractivity contribution in [2.75, 3.05) is 19.8 Å². The van der Waals surface area contributed by atoms with Gasteiger partial charge in [0.25, 0.3) is 5.91 Å². The molecule has 0 bridgehead atoms. The maximum Gasteiger partial charge on any atom is 0.305 e. The Kier molecular flexibility index (Phi) is 4.89. The average molecular weight is 387 g/mol. The zero-order valence-electron chi connectivity index (χ0n) is 15.7. The van der Waals surface area contributed by atoms with Gasteiger partial charge in [-0.1, -0.05) is 6.07 Å². The number of amides is 1. The zero-order valence-corrected chi connectivity index (χ0v) is 15.7. The first-order chi connectivity index (χ1) is 13.5. The van der Waals surface area contributed by atoms with E-state index in [1.165, 1.54) is 11.0 Å². The second-order valence-corrected chi connectivity index (χ2v) is 7.32. The number of carboxylic acids is 1. The van der Waals surface area contributed by atoms with E-state index in [1.807, 2.05) is 6.92 Å². The van der Waals surface area contributed by atoms with Crippen LogP contribution in [0.3, 0.4) is 0 Å². The van der Waals surface area contributed by atoms with Crippen LogP contribution in [0.1, 0.15) is 40.2 Å². The molecule has 1 atom stereocenters. The van der Waals surface area contributed by atoms with E-state index in [1.54, 1.807) is 16.8 Å². The Morgan fingerprint density at radius 1 is 1.36 bits per heavy atom. The Morgan fingerprint density at radius 3 is 2.96 bits per heavy atom. The van der Waals surface area contributed by atoms with Gasteiger partial charge >= 0.3 is 5.97 Å². The van der Waals surface area contributed by atoms with Gasteiger partial charge in [-0.05, 0) is 43.9 Å². The molecule has 4 rings (SSSR count). The number of ether oxygens (including phenoxy) is 1. The predicted octanol–water partition coefficient (Wildman–Crippen LogP) is 2.12. The summed E-state index contributed by atoms with van der Waals surface area (Å²) in [6, 6.07) is 4.28. The van der Waals surface area contributed by atoms with Crippen LogP contribution < -0.4 is 0 Å². The number of aliphatic carboxylic acids is 1. The summed E-state index contributed by atoms with van der Waals surface area (Å²) < 4.78 is 21.4. The van der Waals surface area contributed by atoms with Crippen molar-refractivity contribution in [2.24, 2.45) is 0 Å². The minimum Gasteiger partial charge on any atom is -0.481 e. The van der Waals surface area contributed by atoms with E-state index in [2.05, 4.69) is 5.10 Å². The third-order valence-electron chi connectivity index (χ3n) is 5.36. The number of aromatic nitrogens is 2. The minimum atomic E-state index is -0.981. The molecule has 28 heavy (non-hydrogen) atoms. The smallest absolute Gasteiger partial charge is 0.305 e. The number of aryl methyl sites for hydroxylation is 1. The van der Waals surface area contributed by atoms with Gasteiger partial charge in [0.05, 0.1) is 25.7 Å². The van der Waals surface area contributed by atoms with Crippen molar-refractivity contribution in [1.82, 2.24) is 14.7 Å². The Balaban J connectivity index is 1.73. The Hall–Kier alpha value is -2.74. The highest BCUT2D eigenvalue weighted by atomic mass is 19.1. The van der Waals surface area contributed by atoms with Gasteiger partial charge in [0, 0.05) is 17.8 Å². The molecule has 1 fully saturated rings. The normalized spacial score (nSPS) is 18.9. The van der Waals surface area contributed by atoms with Gasteiger partial charge in [-0.15, -0.1) is 0 Å². The highest BCUT2D eigenvalue weighted by Crippen LogP contribution is 2.30. The summed E-state index contributed by atoms with van der Waals surface area (Å²) in [5, 5.41) is 13.6. The average Bonchev–Trinajstić information content (AvgIpc) is 3.26. The standard InChI is InChI=1S/C20H22FN3O4/c1-12-5-6-15(21)17(9-12)24-16-4-2-3-14(16)19(22-24)20(27)23-7-8-28-11-13(23)10-18(25)26/h5-6,9,13H,2-4,7-8,10-11H2,1H3,(H,25,26). The molecule has 0 saturated carbocycles. The van der Waals surface area contributed by atoms with Crippen LogP contribution in [0.25, 0.3) is 5.69 Å². The van der Waals surface area contributed by atoms with Crippen molar-refractivity contribution in [2.45, 2.75) is 38.6 Å². The quantitative estimate of drug-likeness (QED) is 0.869. The summed E-state index contributed by atoms with van der Waals surface area (Å²) in [7, 11) is 0. The summed E-state index contributed by atoms with van der Waals surface area (Å²) in [4.78, 5) is 26.0. The van der Waals surface area contributed by atoms with Crippen molar-refractivity contribution in [3.05, 3.63) is 46.5 Å². The van der Waals surface area contributed by atoms with Crippen molar-refractivity contribution in [3.63, 3.8) is 0 Å². The predicted molar refractivity (Wildman–Crippen MR) is 98.2 cm³/mol. The fourth-order valence-electron chi connectivity index (χ4n) is 4.02. The van der Waals surface area contributed by atoms with Crippen LogP contribution in [-0.4, -0.2) is 57.5 Å². The number of hydrogen-bond acceptors (Lipinski definition) is 4. The molecular formula is C20H22FN3O4. The maximum atomic E-state index is 14.5. The number of carboxylic acid groups (broad SMARTS) is 1. The fourth-order valence-corrected chi connectivity index (χ4v) is 4.02. The number of rotatable bonds is 4. The number of morpholine rings is 1. The third-order valence-corrected chi connectivity index (χ3v) is 5.36. The van der Waals surface area contributed by atoms with Gasteiger partial charge < -0.3 is 14.7 Å². The molecule has 1 unspecified atom stereocenters. The zero-order chi connectivity index (χ0) is 19.8. The SMILES string of the molecule is Cc1ccc(F)c(-n2nc(C(=O)N3CCOCC3CC(=O)O)c3c2CCC3)c1. The van der Waals surface area contributed by atoms with Gasteiger partial charge in [0.1, 0.15) is 11.5 Å². The van der Waals surface area contributed by atoms with Gasteiger partial charge in [-0.3, -0.25) is 9.59 Å². The molecular weight excluding hydrogens is 365 g/mol. The van der Waals surface area contributed by atoms with Crippen LogP contribution in [-0.2, 0) is 22.4 Å². The van der Waals surface area contributed by atoms with Crippen LogP contribution >= 0.6 is 0 Å². The number of carbonyl (C=O) groups excluding carboxylic acids is 1. The lowest BCUT2D eigenvalue weighted by Gasteiger charge is -2.34. The molecule has 1 N–H and O–H groups in total. The topological polar surface area (TPSA) is 84.7 Å². The van der Waals surface area contributed by atoms with Crippen LogP contribution in [0.4, 0.5) is 4.39 Å². The first-order valence-corrected chi connectivity index (χ1v) is 9.43. The lowest BCUT2D eigenvalue weighted by molar-refractivity contribution is -0.139. The maximum absolute atomic E-state index is 14.5. The van der Waals surface area contributed by atoms with E-state index >= 15 is 0 Å². The molecule has 8 heteroatoms. The molecule has 1 aromatic carbocycles. The molecule has 1 saturated heterocycles. The molecule has 1 amide bonds. The lowest BCUT2D eigenvalue weighted by Crippen LogP contribution is -2.49. The molecule has 2 aromatic rings. The summed E-state index contributed by atoms with van der Waals surface area (Å²) in [6.45, 7) is 2.74. The minimum absolute atomic E-state index is 0.179. The van der Waals surface area contributed by atoms with Gasteiger partial charge in [0.2, 0.25) is 0 Å². The molecule has 1 aromatic heterocycles. The van der Waals surface area contributed by atoms with E-state index < -0.39 is 17.8 Å². The number of benzene rings is 1. The third kappa shape index (κ3) is 3.28. The summed E-state index contributed by atoms with van der Waals surface area (Å²) >= 11 is 0. The largest absolute Gasteiger partial charge is 0.481 e. The van der Waals surface area contributed by atoms with E-state index in [4.69, 9.17) is 9.84 Å². The molecule has 0 radical (unpaired) electrons. The fraction of sp³-hybridized carbons (Fsp3) is 0.450. The summed E-state index contributed by atoms with van der Waals surface area (Å²) in [5.41, 5.74) is 3.23. The van der Waals surface area contributed by atoms with Gasteiger partial charge in [-0.2, -0.15) is 5.10 Å². The Bertz CT molecular complexity index is 940. The van der Waals surface area contributed by atoms with Crippen LogP contribution in [0.15, 0.2) is 18.2 Å². The van der Waals surface area contributed by atoms with E-state index in [0.29, 0.717) is 31.0 Å². The Morgan fingerprint density at radius 2 is 2.18 bits per heavy atom. The highest BCUT2D eigenvalue weighted by Gasteiger charge is 2.35. The molecule has 1 aliphatic heterocycles. The Labute approximate surface area is 161 Å². The van der Waals surface area contributed by atoms with Crippen LogP contribution in [0, 0.1) is 12.7 Å². The number of carbonyl (C=O) groups is 2. The van der Waals surface area contributed by atoms with Crippen molar-refractivity contribution in [3.8, 4) is 5.69 Å². The molecule has 148 valence electrons. The molecule has 0 spiro atoms. The highest BCUT2D eigenvalue weighted by molar-refractivity contribution is 5.95. The van der Waals surface area contributed by atoms with E-state index in [-0.39, 0.29) is 18.9 Å². The first-order valence-electron chi connectivity index (χ1n) is 9.43. The lowest BCUT2D eigenvalue weighted by atomic mass is 10.1. The number of halogens is 1. The molecule has 1 aliphatic carbocycles.